The number of rotatable bonds is 4. The summed E-state index contributed by atoms with van der Waals surface area (Å²) in [7, 11) is -4.01. The van der Waals surface area contributed by atoms with Gasteiger partial charge in [0.05, 0.1) is 11.9 Å². The average molecular weight is 395 g/mol. The van der Waals surface area contributed by atoms with E-state index in [1.165, 1.54) is 6.07 Å². The van der Waals surface area contributed by atoms with E-state index >= 15 is 0 Å². The second-order valence-electron chi connectivity index (χ2n) is 7.64. The summed E-state index contributed by atoms with van der Waals surface area (Å²) in [6.45, 7) is 4.94. The monoisotopic (exact) mass is 395 g/mol. The van der Waals surface area contributed by atoms with Gasteiger partial charge in [-0.05, 0) is 17.1 Å². The first kappa shape index (κ1) is 19.9. The van der Waals surface area contributed by atoms with Crippen LogP contribution in [-0.4, -0.2) is 40.0 Å². The first-order valence-electron chi connectivity index (χ1n) is 8.39. The van der Waals surface area contributed by atoms with Gasteiger partial charge >= 0.3 is 7.12 Å². The normalized spacial score (nSPS) is 17.1. The zero-order valence-corrected chi connectivity index (χ0v) is 16.1. The molecule has 3 rings (SSSR count). The van der Waals surface area contributed by atoms with Crippen molar-refractivity contribution in [2.45, 2.75) is 19.6 Å². The minimum Gasteiger partial charge on any atom is -0.407 e. The van der Waals surface area contributed by atoms with E-state index in [2.05, 4.69) is 4.98 Å². The van der Waals surface area contributed by atoms with Crippen LogP contribution in [-0.2, 0) is 24.9 Å². The summed E-state index contributed by atoms with van der Waals surface area (Å²) < 4.78 is 62.4. The van der Waals surface area contributed by atoms with E-state index in [0.717, 1.165) is 18.5 Å². The van der Waals surface area contributed by atoms with Gasteiger partial charge < -0.3 is 9.31 Å². The fraction of sp³-hybridized carbons (Fsp3) is 0.389. The van der Waals surface area contributed by atoms with Gasteiger partial charge in [0.1, 0.15) is 11.5 Å². The lowest BCUT2D eigenvalue weighted by atomic mass is 9.74. The number of nitrogens with zero attached hydrogens (tertiary/aromatic N) is 1. The highest BCUT2D eigenvalue weighted by Gasteiger charge is 2.34. The molecule has 1 aromatic carbocycles. The molecule has 9 heteroatoms. The Hall–Kier alpha value is -1.84. The van der Waals surface area contributed by atoms with E-state index in [1.54, 1.807) is 12.1 Å². The molecule has 0 bridgehead atoms. The molecule has 0 saturated carbocycles. The maximum Gasteiger partial charge on any atom is 0.493 e. The Morgan fingerprint density at radius 3 is 2.41 bits per heavy atom. The molecule has 1 saturated heterocycles. The lowest BCUT2D eigenvalue weighted by molar-refractivity contribution is 0.0343. The van der Waals surface area contributed by atoms with E-state index < -0.39 is 28.6 Å². The van der Waals surface area contributed by atoms with Crippen LogP contribution in [0.3, 0.4) is 0 Å². The molecule has 1 fully saturated rings. The van der Waals surface area contributed by atoms with Crippen molar-refractivity contribution in [1.82, 2.24) is 4.98 Å². The molecular weight excluding hydrogens is 375 g/mol. The Labute approximate surface area is 157 Å². The van der Waals surface area contributed by atoms with Gasteiger partial charge in [-0.3, -0.25) is 4.98 Å². The van der Waals surface area contributed by atoms with Crippen LogP contribution >= 0.6 is 0 Å². The van der Waals surface area contributed by atoms with Crippen molar-refractivity contribution in [3.05, 3.63) is 47.7 Å². The van der Waals surface area contributed by atoms with Crippen LogP contribution in [0.15, 0.2) is 30.5 Å². The Morgan fingerprint density at radius 2 is 1.81 bits per heavy atom. The van der Waals surface area contributed by atoms with Gasteiger partial charge in [-0.15, -0.1) is 0 Å². The van der Waals surface area contributed by atoms with Gasteiger partial charge in [0.25, 0.3) is 0 Å². The van der Waals surface area contributed by atoms with Crippen LogP contribution in [0.25, 0.3) is 11.3 Å². The van der Waals surface area contributed by atoms with Crippen LogP contribution in [0.1, 0.15) is 19.4 Å². The molecule has 144 valence electrons. The number of sulfone groups is 1. The van der Waals surface area contributed by atoms with Gasteiger partial charge in [0.15, 0.2) is 15.7 Å². The van der Waals surface area contributed by atoms with Gasteiger partial charge in [0.2, 0.25) is 0 Å². The predicted molar refractivity (Wildman–Crippen MR) is 99.2 cm³/mol. The van der Waals surface area contributed by atoms with Gasteiger partial charge in [-0.1, -0.05) is 26.0 Å². The first-order chi connectivity index (χ1) is 12.5. The van der Waals surface area contributed by atoms with Crippen molar-refractivity contribution in [2.75, 3.05) is 19.5 Å². The summed E-state index contributed by atoms with van der Waals surface area (Å²) in [5, 5.41) is 0. The largest absolute Gasteiger partial charge is 0.493 e. The molecule has 1 aromatic heterocycles. The molecule has 0 unspecified atom stereocenters. The summed E-state index contributed by atoms with van der Waals surface area (Å²) in [6.07, 6.45) is 2.03. The van der Waals surface area contributed by atoms with Crippen molar-refractivity contribution in [3.63, 3.8) is 0 Å². The molecule has 1 aliphatic rings. The molecule has 2 aromatic rings. The summed E-state index contributed by atoms with van der Waals surface area (Å²) in [5.41, 5.74) is 1.15. The smallest absolute Gasteiger partial charge is 0.407 e. The van der Waals surface area contributed by atoms with Crippen molar-refractivity contribution < 1.29 is 26.5 Å². The predicted octanol–water partition coefficient (Wildman–Crippen LogP) is 2.34. The Bertz CT molecular complexity index is 956. The Balaban J connectivity index is 2.04. The van der Waals surface area contributed by atoms with Crippen LogP contribution < -0.4 is 5.46 Å². The van der Waals surface area contributed by atoms with Crippen LogP contribution in [0.5, 0.6) is 0 Å². The third kappa shape index (κ3) is 5.12. The summed E-state index contributed by atoms with van der Waals surface area (Å²) >= 11 is 0. The zero-order chi connectivity index (χ0) is 19.8. The molecule has 0 N–H and O–H groups in total. The molecule has 0 amide bonds. The van der Waals surface area contributed by atoms with E-state index in [-0.39, 0.29) is 16.9 Å². The van der Waals surface area contributed by atoms with Crippen molar-refractivity contribution in [2.24, 2.45) is 5.41 Å². The molecule has 2 heterocycles. The topological polar surface area (TPSA) is 65.5 Å². The molecule has 0 atom stereocenters. The SMILES string of the molecule is CC1(C)COB(c2cc(CS(C)(=O)=O)cc(-c3ncc(F)cc3F)c2)OC1. The van der Waals surface area contributed by atoms with Crippen LogP contribution in [0.2, 0.25) is 0 Å². The van der Waals surface area contributed by atoms with E-state index in [1.807, 2.05) is 13.8 Å². The Morgan fingerprint density at radius 1 is 1.15 bits per heavy atom. The van der Waals surface area contributed by atoms with Crippen molar-refractivity contribution in [3.8, 4) is 11.3 Å². The lowest BCUT2D eigenvalue weighted by Gasteiger charge is -2.33. The molecule has 27 heavy (non-hydrogen) atoms. The fourth-order valence-corrected chi connectivity index (χ4v) is 3.66. The van der Waals surface area contributed by atoms with Crippen molar-refractivity contribution in [1.29, 1.82) is 0 Å². The van der Waals surface area contributed by atoms with Gasteiger partial charge in [-0.2, -0.15) is 0 Å². The summed E-state index contributed by atoms with van der Waals surface area (Å²) in [5.74, 6) is -1.84. The highest BCUT2D eigenvalue weighted by Crippen LogP contribution is 2.25. The molecule has 1 aliphatic heterocycles. The lowest BCUT2D eigenvalue weighted by Crippen LogP contribution is -2.47. The number of halogens is 2. The third-order valence-corrected chi connectivity index (χ3v) is 4.91. The second kappa shape index (κ2) is 7.29. The van der Waals surface area contributed by atoms with Crippen LogP contribution in [0, 0.1) is 17.0 Å². The van der Waals surface area contributed by atoms with E-state index in [0.29, 0.717) is 29.8 Å². The molecular formula is C18H20BF2NO4S. The minimum absolute atomic E-state index is 0.0656. The third-order valence-electron chi connectivity index (χ3n) is 4.05. The fourth-order valence-electron chi connectivity index (χ4n) is 2.89. The number of aromatic nitrogens is 1. The highest BCUT2D eigenvalue weighted by atomic mass is 32.2. The van der Waals surface area contributed by atoms with Gasteiger partial charge in [0, 0.05) is 36.5 Å². The van der Waals surface area contributed by atoms with Crippen molar-refractivity contribution >= 4 is 22.4 Å². The molecule has 0 aliphatic carbocycles. The summed E-state index contributed by atoms with van der Waals surface area (Å²) in [4.78, 5) is 3.81. The summed E-state index contributed by atoms with van der Waals surface area (Å²) in [6, 6.07) is 5.55. The molecule has 5 nitrogen and oxygen atoms in total. The minimum atomic E-state index is -3.31. The molecule has 0 spiro atoms. The zero-order valence-electron chi connectivity index (χ0n) is 15.3. The number of benzene rings is 1. The second-order valence-corrected chi connectivity index (χ2v) is 9.78. The molecule has 0 radical (unpaired) electrons. The van der Waals surface area contributed by atoms with E-state index in [4.69, 9.17) is 9.31 Å². The van der Waals surface area contributed by atoms with Crippen LogP contribution in [0.4, 0.5) is 8.78 Å². The highest BCUT2D eigenvalue weighted by molar-refractivity contribution is 7.89. The average Bonchev–Trinajstić information content (AvgIpc) is 2.52. The van der Waals surface area contributed by atoms with Gasteiger partial charge in [-0.25, -0.2) is 17.2 Å². The quantitative estimate of drug-likeness (QED) is 0.744. The van der Waals surface area contributed by atoms with E-state index in [9.17, 15) is 17.2 Å². The number of hydrogen-bond acceptors (Lipinski definition) is 5. The first-order valence-corrected chi connectivity index (χ1v) is 10.4. The number of hydrogen-bond donors (Lipinski definition) is 0. The maximum atomic E-state index is 14.2. The Kier molecular flexibility index (Phi) is 5.38. The number of pyridine rings is 1. The standard InChI is InChI=1S/C18H20BF2NO4S/c1-18(2)10-25-19(26-11-18)14-5-12(9-27(3,23)24)4-13(6-14)17-16(21)7-15(20)8-22-17/h4-8H,9-11H2,1-3H3. The maximum absolute atomic E-state index is 14.2.